The zero-order valence-electron chi connectivity index (χ0n) is 8.45. The first kappa shape index (κ1) is 14.7. The van der Waals surface area contributed by atoms with Crippen molar-refractivity contribution in [1.82, 2.24) is 4.31 Å². The van der Waals surface area contributed by atoms with Crippen LogP contribution in [0.5, 0.6) is 0 Å². The molecule has 0 atom stereocenters. The molecule has 0 fully saturated rings. The van der Waals surface area contributed by atoms with E-state index in [1.54, 1.807) is 0 Å². The predicted molar refractivity (Wildman–Crippen MR) is 48.5 cm³/mol. The molecular weight excluding hydrogens is 235 g/mol. The first-order chi connectivity index (χ1) is 6.64. The maximum absolute atomic E-state index is 12.2. The Balaban J connectivity index is 4.93. The summed E-state index contributed by atoms with van der Waals surface area (Å²) in [6, 6.07) is -0.789. The highest BCUT2D eigenvalue weighted by Gasteiger charge is 2.50. The van der Waals surface area contributed by atoms with Gasteiger partial charge in [0.15, 0.2) is 0 Å². The van der Waals surface area contributed by atoms with E-state index in [1.165, 1.54) is 13.8 Å². The highest BCUT2D eigenvalue weighted by molar-refractivity contribution is 7.90. The van der Waals surface area contributed by atoms with Crippen LogP contribution >= 0.6 is 0 Å². The number of aliphatic hydroxyl groups is 1. The van der Waals surface area contributed by atoms with Crippen molar-refractivity contribution in [2.24, 2.45) is 0 Å². The first-order valence-electron chi connectivity index (χ1n) is 4.33. The topological polar surface area (TPSA) is 57.6 Å². The fraction of sp³-hybridized carbons (Fsp3) is 1.00. The second-order valence-electron chi connectivity index (χ2n) is 3.23. The van der Waals surface area contributed by atoms with E-state index in [0.29, 0.717) is 4.31 Å². The minimum Gasteiger partial charge on any atom is -0.396 e. The maximum atomic E-state index is 12.2. The van der Waals surface area contributed by atoms with Gasteiger partial charge in [0.25, 0.3) is 0 Å². The van der Waals surface area contributed by atoms with Gasteiger partial charge >= 0.3 is 15.5 Å². The fourth-order valence-corrected chi connectivity index (χ4v) is 2.21. The van der Waals surface area contributed by atoms with E-state index >= 15 is 0 Å². The van der Waals surface area contributed by atoms with Gasteiger partial charge in [0.05, 0.1) is 0 Å². The Kier molecular flexibility index (Phi) is 5.01. The summed E-state index contributed by atoms with van der Waals surface area (Å²) in [6.45, 7) is 2.01. The number of aliphatic hydroxyl groups excluding tert-OH is 1. The third kappa shape index (κ3) is 3.62. The van der Waals surface area contributed by atoms with Crippen LogP contribution in [0.2, 0.25) is 0 Å². The number of rotatable bonds is 5. The van der Waals surface area contributed by atoms with E-state index in [0.717, 1.165) is 0 Å². The molecule has 0 heterocycles. The lowest BCUT2D eigenvalue weighted by Gasteiger charge is -2.26. The first-order valence-corrected chi connectivity index (χ1v) is 5.77. The van der Waals surface area contributed by atoms with Gasteiger partial charge in [-0.3, -0.25) is 0 Å². The van der Waals surface area contributed by atoms with Gasteiger partial charge in [-0.25, -0.2) is 8.42 Å². The molecule has 4 nitrogen and oxygen atoms in total. The molecule has 0 rings (SSSR count). The van der Waals surface area contributed by atoms with Crippen LogP contribution in [-0.2, 0) is 10.0 Å². The average Bonchev–Trinajstić information content (AvgIpc) is 2.01. The quantitative estimate of drug-likeness (QED) is 0.788. The van der Waals surface area contributed by atoms with Crippen molar-refractivity contribution in [3.05, 3.63) is 0 Å². The Morgan fingerprint density at radius 3 is 2.07 bits per heavy atom. The van der Waals surface area contributed by atoms with Crippen molar-refractivity contribution in [2.75, 3.05) is 13.2 Å². The Morgan fingerprint density at radius 1 is 1.33 bits per heavy atom. The summed E-state index contributed by atoms with van der Waals surface area (Å²) in [5.74, 6) is 0. The number of hydrogen-bond acceptors (Lipinski definition) is 3. The molecule has 0 spiro atoms. The van der Waals surface area contributed by atoms with E-state index in [1.807, 2.05) is 0 Å². The van der Waals surface area contributed by atoms with Gasteiger partial charge in [0.2, 0.25) is 0 Å². The number of sulfonamides is 1. The van der Waals surface area contributed by atoms with E-state index in [2.05, 4.69) is 0 Å². The highest BCUT2D eigenvalue weighted by Crippen LogP contribution is 2.28. The van der Waals surface area contributed by atoms with Gasteiger partial charge in [-0.2, -0.15) is 17.5 Å². The zero-order chi connectivity index (χ0) is 12.3. The van der Waals surface area contributed by atoms with Crippen molar-refractivity contribution in [1.29, 1.82) is 0 Å². The summed E-state index contributed by atoms with van der Waals surface area (Å²) in [5, 5.41) is 8.46. The molecule has 0 aliphatic carbocycles. The summed E-state index contributed by atoms with van der Waals surface area (Å²) >= 11 is 0. The van der Waals surface area contributed by atoms with E-state index in [9.17, 15) is 21.6 Å². The second kappa shape index (κ2) is 5.13. The Hall–Kier alpha value is -0.340. The number of halogens is 3. The number of nitrogens with zero attached hydrogens (tertiary/aromatic N) is 1. The van der Waals surface area contributed by atoms with Crippen molar-refractivity contribution in [3.63, 3.8) is 0 Å². The molecule has 0 aliphatic rings. The van der Waals surface area contributed by atoms with E-state index < -0.39 is 21.6 Å². The summed E-state index contributed by atoms with van der Waals surface area (Å²) in [7, 11) is -5.29. The average molecular weight is 249 g/mol. The molecule has 0 aliphatic heterocycles. The molecule has 0 unspecified atom stereocenters. The smallest absolute Gasteiger partial charge is 0.396 e. The van der Waals surface area contributed by atoms with Crippen LogP contribution in [0, 0.1) is 0 Å². The third-order valence-corrected chi connectivity index (χ3v) is 3.52. The molecule has 0 aromatic rings. The van der Waals surface area contributed by atoms with Crippen LogP contribution in [0.15, 0.2) is 0 Å². The Bertz CT molecular complexity index is 286. The monoisotopic (exact) mass is 249 g/mol. The molecule has 1 N–H and O–H groups in total. The summed E-state index contributed by atoms with van der Waals surface area (Å²) < 4.78 is 58.9. The van der Waals surface area contributed by atoms with Gasteiger partial charge in [0.1, 0.15) is 0 Å². The van der Waals surface area contributed by atoms with Crippen LogP contribution in [0.4, 0.5) is 13.2 Å². The van der Waals surface area contributed by atoms with Gasteiger partial charge in [0, 0.05) is 19.2 Å². The third-order valence-electron chi connectivity index (χ3n) is 1.71. The van der Waals surface area contributed by atoms with Crippen LogP contribution in [0.3, 0.4) is 0 Å². The Morgan fingerprint density at radius 2 is 1.80 bits per heavy atom. The zero-order valence-corrected chi connectivity index (χ0v) is 9.27. The lowest BCUT2D eigenvalue weighted by atomic mass is 10.3. The van der Waals surface area contributed by atoms with E-state index in [4.69, 9.17) is 5.11 Å². The minimum atomic E-state index is -5.29. The molecule has 0 radical (unpaired) electrons. The molecule has 8 heteroatoms. The van der Waals surface area contributed by atoms with Crippen molar-refractivity contribution in [3.8, 4) is 0 Å². The molecule has 92 valence electrons. The van der Waals surface area contributed by atoms with Crippen molar-refractivity contribution < 1.29 is 26.7 Å². The fourth-order valence-electron chi connectivity index (χ4n) is 1.02. The summed E-state index contributed by atoms with van der Waals surface area (Å²) in [5.41, 5.74) is -5.28. The normalized spacial score (nSPS) is 13.9. The lowest BCUT2D eigenvalue weighted by molar-refractivity contribution is -0.0498. The lowest BCUT2D eigenvalue weighted by Crippen LogP contribution is -2.45. The van der Waals surface area contributed by atoms with E-state index in [-0.39, 0.29) is 19.6 Å². The van der Waals surface area contributed by atoms with Crippen molar-refractivity contribution in [2.45, 2.75) is 31.8 Å². The Labute approximate surface area is 86.7 Å². The van der Waals surface area contributed by atoms with Gasteiger partial charge in [-0.1, -0.05) is 0 Å². The molecule has 0 bridgehead atoms. The highest BCUT2D eigenvalue weighted by atomic mass is 32.2. The molecule has 0 aromatic carbocycles. The number of alkyl halides is 3. The van der Waals surface area contributed by atoms with Crippen LogP contribution in [0.25, 0.3) is 0 Å². The summed E-state index contributed by atoms with van der Waals surface area (Å²) in [4.78, 5) is 0. The van der Waals surface area contributed by atoms with Crippen molar-refractivity contribution >= 4 is 10.0 Å². The van der Waals surface area contributed by atoms with Gasteiger partial charge in [-0.05, 0) is 20.3 Å². The largest absolute Gasteiger partial charge is 0.511 e. The SMILES string of the molecule is CC(C)N(CCCO)S(=O)(=O)C(F)(F)F. The van der Waals surface area contributed by atoms with Gasteiger partial charge < -0.3 is 5.11 Å². The minimum absolute atomic E-state index is 0.0203. The molecule has 0 aromatic heterocycles. The van der Waals surface area contributed by atoms with Gasteiger partial charge in [-0.15, -0.1) is 0 Å². The molecule has 0 amide bonds. The molecule has 15 heavy (non-hydrogen) atoms. The second-order valence-corrected chi connectivity index (χ2v) is 5.11. The molecular formula is C7H14F3NO3S. The van der Waals surface area contributed by atoms with Crippen LogP contribution in [0.1, 0.15) is 20.3 Å². The van der Waals surface area contributed by atoms with Crippen LogP contribution in [-0.4, -0.2) is 42.5 Å². The maximum Gasteiger partial charge on any atom is 0.511 e. The summed E-state index contributed by atoms with van der Waals surface area (Å²) in [6.07, 6.45) is -0.0203. The standard InChI is InChI=1S/C7H14F3NO3S/c1-6(2)11(4-3-5-12)15(13,14)7(8,9)10/h6,12H,3-5H2,1-2H3. The number of hydrogen-bond donors (Lipinski definition) is 1. The molecule has 0 saturated carbocycles. The van der Waals surface area contributed by atoms with Crippen LogP contribution < -0.4 is 0 Å². The predicted octanol–water partition coefficient (Wildman–Crippen LogP) is 0.929. The molecule has 0 saturated heterocycles.